The van der Waals surface area contributed by atoms with Crippen molar-refractivity contribution in [1.82, 2.24) is 68.7 Å². The minimum atomic E-state index is -1.83. The first-order chi connectivity index (χ1) is 49.3. The Hall–Kier alpha value is -8.54. The summed E-state index contributed by atoms with van der Waals surface area (Å²) < 4.78 is 5.96. The average Bonchev–Trinajstić information content (AvgIpc) is 1.80. The van der Waals surface area contributed by atoms with Crippen LogP contribution >= 0.6 is 0 Å². The van der Waals surface area contributed by atoms with Gasteiger partial charge in [-0.1, -0.05) is 166 Å². The zero-order valence-electron chi connectivity index (χ0n) is 65.2. The number of aliphatic hydroxyl groups is 1. The lowest BCUT2D eigenvalue weighted by molar-refractivity contribution is -0.157. The fraction of sp³-hybridized carbons (Fsp3) is 0.707. The van der Waals surface area contributed by atoms with Crippen LogP contribution in [0.5, 0.6) is 0 Å². The maximum Gasteiger partial charge on any atom is 0.329 e. The molecule has 30 nitrogen and oxygen atoms in total. The Morgan fingerprint density at radius 3 is 1.69 bits per heavy atom. The molecular formula is C75H124N14O16. The molecule has 2 heterocycles. The number of nitrogens with zero attached hydrogens (tertiary/aromatic N) is 1. The Kier molecular flexibility index (Phi) is 37.8. The summed E-state index contributed by atoms with van der Waals surface area (Å²) in [6, 6.07) is -7.67. The Balaban J connectivity index is 2.00. The number of cyclic esters (lactones) is 1. The number of esters is 1. The van der Waals surface area contributed by atoms with Gasteiger partial charge in [0, 0.05) is 19.4 Å². The van der Waals surface area contributed by atoms with E-state index in [9.17, 15) is 62.6 Å². The van der Waals surface area contributed by atoms with Gasteiger partial charge in [0.25, 0.3) is 5.91 Å². The van der Waals surface area contributed by atoms with Crippen LogP contribution in [0, 0.1) is 47.3 Å². The lowest BCUT2D eigenvalue weighted by Gasteiger charge is -2.33. The number of allylic oxidation sites excluding steroid dienone is 1. The SMILES string of the molecule is C/C=C1\NC(=O)[C@H](Cc2ccccc2)NC(=O)[C@@H](C(C)C)NC(=O)[C@@H]([C@@H](C)CC)NC(=O)[C@H](NC(=O)[C@H](NC(=O)[C@H](CCCN)NC(=O)[C@H]2CCCN2C(=O)[C@H](NC(=O)[C@@H](NC(=O)[C@@H](NC(=O)[C@H](NC(=O)CC[C@@H](C)CC)C(C)C)[C@@H](C)O)C(C)C)C(C)C)[C@@H](C)CC)[C@@H](C)OC(=O)[C@H](C(C)C)NC1=O. The number of hydrogen-bond donors (Lipinski definition) is 14. The molecule has 0 aromatic heterocycles. The van der Waals surface area contributed by atoms with E-state index >= 15 is 9.59 Å². The predicted molar refractivity (Wildman–Crippen MR) is 395 cm³/mol. The molecule has 3 rings (SSSR count). The number of amides is 13. The zero-order chi connectivity index (χ0) is 79.4. The molecule has 1 aromatic rings. The monoisotopic (exact) mass is 1480 g/mol. The molecule has 105 heavy (non-hydrogen) atoms. The van der Waals surface area contributed by atoms with Crippen molar-refractivity contribution < 1.29 is 77.0 Å². The Morgan fingerprint density at radius 2 is 1.15 bits per heavy atom. The highest BCUT2D eigenvalue weighted by Crippen LogP contribution is 2.23. The number of carbonyl (C=O) groups is 14. The summed E-state index contributed by atoms with van der Waals surface area (Å²) in [7, 11) is 0. The van der Waals surface area contributed by atoms with Gasteiger partial charge in [-0.25, -0.2) is 4.79 Å². The molecule has 0 unspecified atom stereocenters. The van der Waals surface area contributed by atoms with Gasteiger partial charge in [-0.15, -0.1) is 0 Å². The first-order valence-electron chi connectivity index (χ1n) is 37.5. The number of nitrogens with one attached hydrogen (secondary N) is 12. The quantitative estimate of drug-likeness (QED) is 0.0353. The highest BCUT2D eigenvalue weighted by Gasteiger charge is 2.44. The van der Waals surface area contributed by atoms with E-state index in [1.165, 1.54) is 31.7 Å². The number of rotatable bonds is 33. The Morgan fingerprint density at radius 1 is 0.610 bits per heavy atom. The number of hydrogen-bond acceptors (Lipinski definition) is 17. The molecule has 0 bridgehead atoms. The van der Waals surface area contributed by atoms with E-state index in [1.54, 1.807) is 127 Å². The van der Waals surface area contributed by atoms with Gasteiger partial charge in [0.15, 0.2) is 0 Å². The van der Waals surface area contributed by atoms with Crippen LogP contribution < -0.4 is 69.5 Å². The van der Waals surface area contributed by atoms with Gasteiger partial charge in [0.05, 0.1) is 6.10 Å². The van der Waals surface area contributed by atoms with Crippen LogP contribution in [0.4, 0.5) is 0 Å². The molecule has 1 aromatic carbocycles. The average molecular weight is 1480 g/mol. The molecular weight excluding hydrogens is 1350 g/mol. The minimum Gasteiger partial charge on any atom is -0.458 e. The van der Waals surface area contributed by atoms with Crippen molar-refractivity contribution in [3.8, 4) is 0 Å². The normalized spacial score (nSPS) is 22.8. The van der Waals surface area contributed by atoms with Crippen molar-refractivity contribution >= 4 is 82.8 Å². The zero-order valence-corrected chi connectivity index (χ0v) is 65.2. The highest BCUT2D eigenvalue weighted by molar-refractivity contribution is 6.03. The standard InChI is InChI=1S/C75H124N14O16/c1-20-43(15)33-34-53(91)80-54(38(5)6)68(97)87-61(46(18)90)72(101)82-56(40(9)10)69(98)83-57(41(11)12)74(103)89-36-28-32-52(89)66(95)78-50(31-27-35-76)64(93)85-59(44(16)21-2)71(100)88-62-47(19)105-75(104)58(42(13)14)84-63(92)49(23-4)77-65(94)51(37-48-29-25-24-26-30-48)79-67(96)55(39(7)8)81-70(99)60(45(17)22-3)86-73(62)102/h23-26,29-30,38-47,50-52,54-62,90H,20-22,27-28,31-37,76H2,1-19H3,(H,77,94)(H,78,95)(H,79,96)(H,80,91)(H,81,99)(H,82,101)(H,83,98)(H,84,92)(H,85,93)(H,86,102)(H,87,97)(H,88,100)/b49-23-/t43-,44-,45-,46+,47+,50-,51-,52+,54+,55+,56-,57+,58-,59+,60+,61-,62+/m0/s1. The van der Waals surface area contributed by atoms with Crippen LogP contribution in [-0.2, 0) is 78.3 Å². The molecule has 30 heteroatoms. The van der Waals surface area contributed by atoms with E-state index < -0.39 is 203 Å². The second kappa shape index (κ2) is 43.8. The van der Waals surface area contributed by atoms with Gasteiger partial charge >= 0.3 is 5.97 Å². The highest BCUT2D eigenvalue weighted by atomic mass is 16.5. The van der Waals surface area contributed by atoms with Crippen LogP contribution in [0.3, 0.4) is 0 Å². The first kappa shape index (κ1) is 90.7. The molecule has 0 radical (unpaired) electrons. The topological polar surface area (TPSA) is 442 Å². The molecule has 590 valence electrons. The largest absolute Gasteiger partial charge is 0.458 e. The predicted octanol–water partition coefficient (Wildman–Crippen LogP) is 1.84. The summed E-state index contributed by atoms with van der Waals surface area (Å²) in [6.45, 7) is 31.7. The van der Waals surface area contributed by atoms with Crippen molar-refractivity contribution in [2.24, 2.45) is 53.1 Å². The number of aliphatic hydroxyl groups excluding tert-OH is 1. The third kappa shape index (κ3) is 27.4. The van der Waals surface area contributed by atoms with Crippen molar-refractivity contribution in [2.75, 3.05) is 13.1 Å². The molecule has 17 atom stereocenters. The first-order valence-corrected chi connectivity index (χ1v) is 37.5. The molecule has 0 spiro atoms. The number of ether oxygens (including phenoxy) is 1. The molecule has 2 aliphatic heterocycles. The van der Waals surface area contributed by atoms with Gasteiger partial charge in [-0.3, -0.25) is 62.3 Å². The summed E-state index contributed by atoms with van der Waals surface area (Å²) in [5, 5.41) is 43.2. The van der Waals surface area contributed by atoms with Crippen LogP contribution in [0.25, 0.3) is 0 Å². The molecule has 13 amide bonds. The van der Waals surface area contributed by atoms with E-state index in [1.807, 2.05) is 13.8 Å². The van der Waals surface area contributed by atoms with E-state index in [4.69, 9.17) is 10.5 Å². The van der Waals surface area contributed by atoms with Gasteiger partial charge < -0.3 is 84.3 Å². The number of benzene rings is 1. The van der Waals surface area contributed by atoms with Crippen molar-refractivity contribution in [2.45, 2.75) is 280 Å². The third-order valence-electron chi connectivity index (χ3n) is 19.6. The smallest absolute Gasteiger partial charge is 0.329 e. The van der Waals surface area contributed by atoms with E-state index in [2.05, 4.69) is 63.8 Å². The third-order valence-corrected chi connectivity index (χ3v) is 19.6. The van der Waals surface area contributed by atoms with E-state index in [-0.39, 0.29) is 69.1 Å². The van der Waals surface area contributed by atoms with Gasteiger partial charge in [-0.05, 0) is 112 Å². The van der Waals surface area contributed by atoms with Crippen LogP contribution in [0.15, 0.2) is 42.1 Å². The molecule has 15 N–H and O–H groups in total. The molecule has 0 saturated carbocycles. The Labute approximate surface area is 620 Å². The lowest BCUT2D eigenvalue weighted by Crippen LogP contribution is -2.64. The molecule has 2 aliphatic rings. The molecule has 0 aliphatic carbocycles. The summed E-state index contributed by atoms with van der Waals surface area (Å²) in [5.74, 6) is -15.2. The Bertz CT molecular complexity index is 3160. The van der Waals surface area contributed by atoms with Crippen LogP contribution in [0.2, 0.25) is 0 Å². The summed E-state index contributed by atoms with van der Waals surface area (Å²) >= 11 is 0. The van der Waals surface area contributed by atoms with E-state index in [0.29, 0.717) is 24.8 Å². The molecule has 2 saturated heterocycles. The summed E-state index contributed by atoms with van der Waals surface area (Å²) in [4.78, 5) is 202. The fourth-order valence-corrected chi connectivity index (χ4v) is 12.0. The van der Waals surface area contributed by atoms with E-state index in [0.717, 1.165) is 6.42 Å². The minimum absolute atomic E-state index is 0.0355. The van der Waals surface area contributed by atoms with Crippen molar-refractivity contribution in [3.05, 3.63) is 47.7 Å². The summed E-state index contributed by atoms with van der Waals surface area (Å²) in [6.07, 6.45) is 1.08. The second-order valence-corrected chi connectivity index (χ2v) is 30.0. The van der Waals surface area contributed by atoms with Crippen molar-refractivity contribution in [1.29, 1.82) is 0 Å². The maximum absolute atomic E-state index is 15.0. The second-order valence-electron chi connectivity index (χ2n) is 30.0. The van der Waals surface area contributed by atoms with Crippen LogP contribution in [-0.4, -0.2) is 191 Å². The van der Waals surface area contributed by atoms with Gasteiger partial charge in [0.2, 0.25) is 70.9 Å². The number of carbonyl (C=O) groups excluding carboxylic acids is 14. The number of likely N-dealkylation sites (tertiary alicyclic amines) is 1. The van der Waals surface area contributed by atoms with Crippen LogP contribution in [0.1, 0.15) is 195 Å². The van der Waals surface area contributed by atoms with Crippen molar-refractivity contribution in [3.63, 3.8) is 0 Å². The fourth-order valence-electron chi connectivity index (χ4n) is 12.0. The molecule has 2 fully saturated rings. The lowest BCUT2D eigenvalue weighted by atomic mass is 9.95. The van der Waals surface area contributed by atoms with Gasteiger partial charge in [0.1, 0.15) is 84.3 Å². The van der Waals surface area contributed by atoms with Gasteiger partial charge in [-0.2, -0.15) is 0 Å². The number of nitrogens with two attached hydrogens (primary N) is 1. The summed E-state index contributed by atoms with van der Waals surface area (Å²) in [5.41, 5.74) is 6.34. The maximum atomic E-state index is 15.0.